The Labute approximate surface area is 172 Å². The number of urea groups is 1. The predicted octanol–water partition coefficient (Wildman–Crippen LogP) is 4.22. The Hall–Kier alpha value is -2.90. The molecule has 0 fully saturated rings. The Bertz CT molecular complexity index is 946. The molecule has 0 bridgehead atoms. The van der Waals surface area contributed by atoms with E-state index in [2.05, 4.69) is 5.32 Å². The summed E-state index contributed by atoms with van der Waals surface area (Å²) in [7, 11) is 0. The number of benzene rings is 2. The third-order valence-corrected chi connectivity index (χ3v) is 4.81. The third kappa shape index (κ3) is 4.93. The molecule has 2 aromatic carbocycles. The molecule has 152 valence electrons. The zero-order valence-corrected chi connectivity index (χ0v) is 16.4. The van der Waals surface area contributed by atoms with Gasteiger partial charge in [-0.1, -0.05) is 23.7 Å². The van der Waals surface area contributed by atoms with Crippen molar-refractivity contribution < 1.29 is 23.8 Å². The summed E-state index contributed by atoms with van der Waals surface area (Å²) in [6.45, 7) is 1.68. The average molecular weight is 419 g/mol. The van der Waals surface area contributed by atoms with Crippen LogP contribution in [0.5, 0.6) is 5.75 Å². The first-order valence-electron chi connectivity index (χ1n) is 8.98. The number of carbonyl (C=O) groups excluding carboxylic acids is 2. The molecule has 2 amide bonds. The summed E-state index contributed by atoms with van der Waals surface area (Å²) in [5.74, 6) is -0.179. The first kappa shape index (κ1) is 20.8. The summed E-state index contributed by atoms with van der Waals surface area (Å²) in [4.78, 5) is 26.3. The summed E-state index contributed by atoms with van der Waals surface area (Å²) >= 11 is 6.15. The molecule has 0 aliphatic carbocycles. The van der Waals surface area contributed by atoms with Gasteiger partial charge in [0.1, 0.15) is 18.2 Å². The topological polar surface area (TPSA) is 78.9 Å². The summed E-state index contributed by atoms with van der Waals surface area (Å²) in [5, 5.41) is 12.1. The van der Waals surface area contributed by atoms with E-state index in [9.17, 15) is 14.0 Å². The van der Waals surface area contributed by atoms with Crippen molar-refractivity contribution in [2.45, 2.75) is 19.4 Å². The molecule has 8 heteroatoms. The quantitative estimate of drug-likeness (QED) is 0.762. The van der Waals surface area contributed by atoms with Gasteiger partial charge in [-0.25, -0.2) is 9.18 Å². The first-order valence-corrected chi connectivity index (χ1v) is 9.36. The second-order valence-electron chi connectivity index (χ2n) is 6.56. The number of ether oxygens (including phenoxy) is 1. The highest BCUT2D eigenvalue weighted by molar-refractivity contribution is 6.32. The Morgan fingerprint density at radius 3 is 2.76 bits per heavy atom. The molecule has 0 saturated heterocycles. The Morgan fingerprint density at radius 2 is 2.07 bits per heavy atom. The van der Waals surface area contributed by atoms with E-state index >= 15 is 0 Å². The van der Waals surface area contributed by atoms with Gasteiger partial charge in [0.25, 0.3) is 0 Å². The number of nitrogens with one attached hydrogen (secondary N) is 1. The van der Waals surface area contributed by atoms with Crippen LogP contribution >= 0.6 is 11.6 Å². The number of hydrogen-bond acceptors (Lipinski definition) is 4. The van der Waals surface area contributed by atoms with E-state index in [4.69, 9.17) is 21.4 Å². The Balaban J connectivity index is 1.85. The fourth-order valence-electron chi connectivity index (χ4n) is 3.03. The van der Waals surface area contributed by atoms with Gasteiger partial charge in [-0.15, -0.1) is 0 Å². The Morgan fingerprint density at radius 1 is 1.34 bits per heavy atom. The molecule has 0 aromatic heterocycles. The maximum atomic E-state index is 13.3. The maximum absolute atomic E-state index is 13.3. The fourth-order valence-corrected chi connectivity index (χ4v) is 3.30. The van der Waals surface area contributed by atoms with E-state index < -0.39 is 17.9 Å². The SMILES string of the molecule is Cc1cc(Cl)c(OCCO)cc1NC(=O)N1C=CC(=O)CC1c1ccc(F)cc1. The normalized spacial score (nSPS) is 16.1. The molecule has 1 heterocycles. The van der Waals surface area contributed by atoms with Crippen molar-refractivity contribution in [2.75, 3.05) is 18.5 Å². The minimum absolute atomic E-state index is 0.0692. The second kappa shape index (κ2) is 9.07. The molecule has 1 atom stereocenters. The van der Waals surface area contributed by atoms with Crippen LogP contribution in [-0.4, -0.2) is 35.0 Å². The van der Waals surface area contributed by atoms with Crippen molar-refractivity contribution in [3.05, 3.63) is 70.6 Å². The van der Waals surface area contributed by atoms with Gasteiger partial charge in [-0.2, -0.15) is 0 Å². The molecule has 1 aliphatic heterocycles. The molecule has 2 N–H and O–H groups in total. The van der Waals surface area contributed by atoms with Crippen LogP contribution in [0, 0.1) is 12.7 Å². The minimum Gasteiger partial charge on any atom is -0.490 e. The minimum atomic E-state index is -0.550. The second-order valence-corrected chi connectivity index (χ2v) is 6.97. The number of anilines is 1. The fraction of sp³-hybridized carbons (Fsp3) is 0.238. The van der Waals surface area contributed by atoms with Crippen molar-refractivity contribution in [1.29, 1.82) is 0 Å². The number of aliphatic hydroxyl groups is 1. The van der Waals surface area contributed by atoms with Gasteiger partial charge in [-0.05, 0) is 42.3 Å². The molecule has 3 rings (SSSR count). The molecule has 29 heavy (non-hydrogen) atoms. The van der Waals surface area contributed by atoms with E-state index in [0.717, 1.165) is 5.56 Å². The standard InChI is InChI=1S/C21H20ClFN2O4/c1-13-10-17(22)20(29-9-8-26)12-18(13)24-21(28)25-7-6-16(27)11-19(25)14-2-4-15(23)5-3-14/h2-7,10,12,19,26H,8-9,11H2,1H3,(H,24,28). The molecule has 1 unspecified atom stereocenters. The number of nitrogens with zero attached hydrogens (tertiary/aromatic N) is 1. The van der Waals surface area contributed by atoms with E-state index in [1.54, 1.807) is 31.2 Å². The van der Waals surface area contributed by atoms with Crippen LogP contribution in [0.3, 0.4) is 0 Å². The monoisotopic (exact) mass is 418 g/mol. The number of ketones is 1. The highest BCUT2D eigenvalue weighted by atomic mass is 35.5. The molecule has 6 nitrogen and oxygen atoms in total. The van der Waals surface area contributed by atoms with Crippen molar-refractivity contribution in [3.63, 3.8) is 0 Å². The lowest BCUT2D eigenvalue weighted by molar-refractivity contribution is -0.116. The van der Waals surface area contributed by atoms with Gasteiger partial charge in [-0.3, -0.25) is 9.69 Å². The zero-order chi connectivity index (χ0) is 21.0. The van der Waals surface area contributed by atoms with E-state index in [1.165, 1.54) is 29.3 Å². The predicted molar refractivity (Wildman–Crippen MR) is 108 cm³/mol. The number of allylic oxidation sites excluding steroid dienone is 1. The van der Waals surface area contributed by atoms with E-state index in [-0.39, 0.29) is 25.4 Å². The molecule has 2 aromatic rings. The van der Waals surface area contributed by atoms with Crippen LogP contribution in [0.1, 0.15) is 23.6 Å². The van der Waals surface area contributed by atoms with Gasteiger partial charge < -0.3 is 15.2 Å². The van der Waals surface area contributed by atoms with E-state index in [1.807, 2.05) is 0 Å². The lowest BCUT2D eigenvalue weighted by Gasteiger charge is -2.31. The van der Waals surface area contributed by atoms with Crippen molar-refractivity contribution >= 4 is 29.1 Å². The molecule has 1 aliphatic rings. The summed E-state index contributed by atoms with van der Waals surface area (Å²) in [6, 6.07) is 7.92. The highest BCUT2D eigenvalue weighted by Crippen LogP contribution is 2.33. The van der Waals surface area contributed by atoms with Crippen LogP contribution in [-0.2, 0) is 4.79 Å². The third-order valence-electron chi connectivity index (χ3n) is 4.51. The summed E-state index contributed by atoms with van der Waals surface area (Å²) < 4.78 is 18.6. The van der Waals surface area contributed by atoms with Crippen LogP contribution in [0.2, 0.25) is 5.02 Å². The molecule has 0 spiro atoms. The van der Waals surface area contributed by atoms with Crippen LogP contribution in [0.4, 0.5) is 14.9 Å². The molecule has 0 saturated carbocycles. The number of carbonyl (C=O) groups is 2. The van der Waals surface area contributed by atoms with E-state index in [0.29, 0.717) is 22.0 Å². The number of hydrogen-bond donors (Lipinski definition) is 2. The largest absolute Gasteiger partial charge is 0.490 e. The van der Waals surface area contributed by atoms with Gasteiger partial charge in [0.2, 0.25) is 0 Å². The van der Waals surface area contributed by atoms with Gasteiger partial charge in [0, 0.05) is 24.4 Å². The van der Waals surface area contributed by atoms with Gasteiger partial charge in [0.05, 0.1) is 17.7 Å². The molecular formula is C21H20ClFN2O4. The first-order chi connectivity index (χ1) is 13.9. The summed E-state index contributed by atoms with van der Waals surface area (Å²) in [5.41, 5.74) is 1.85. The number of aryl methyl sites for hydroxylation is 1. The van der Waals surface area contributed by atoms with Crippen molar-refractivity contribution in [1.82, 2.24) is 4.90 Å². The van der Waals surface area contributed by atoms with Crippen LogP contribution in [0.25, 0.3) is 0 Å². The van der Waals surface area contributed by atoms with Crippen molar-refractivity contribution in [2.24, 2.45) is 0 Å². The maximum Gasteiger partial charge on any atom is 0.326 e. The number of rotatable bonds is 5. The number of aliphatic hydroxyl groups excluding tert-OH is 1. The average Bonchev–Trinajstić information content (AvgIpc) is 2.69. The lowest BCUT2D eigenvalue weighted by atomic mass is 9.97. The number of amides is 2. The molecular weight excluding hydrogens is 399 g/mol. The zero-order valence-electron chi connectivity index (χ0n) is 15.7. The summed E-state index contributed by atoms with van der Waals surface area (Å²) in [6.07, 6.45) is 2.85. The highest BCUT2D eigenvalue weighted by Gasteiger charge is 2.29. The van der Waals surface area contributed by atoms with Gasteiger partial charge >= 0.3 is 6.03 Å². The number of halogens is 2. The van der Waals surface area contributed by atoms with Gasteiger partial charge in [0.15, 0.2) is 5.78 Å². The van der Waals surface area contributed by atoms with Crippen LogP contribution in [0.15, 0.2) is 48.7 Å². The van der Waals surface area contributed by atoms with Crippen LogP contribution < -0.4 is 10.1 Å². The van der Waals surface area contributed by atoms with Crippen molar-refractivity contribution in [3.8, 4) is 5.75 Å². The Kier molecular flexibility index (Phi) is 6.51. The smallest absolute Gasteiger partial charge is 0.326 e. The lowest BCUT2D eigenvalue weighted by Crippen LogP contribution is -2.37. The molecule has 0 radical (unpaired) electrons.